The first kappa shape index (κ1) is 53.6. The van der Waals surface area contributed by atoms with Crippen LogP contribution in [0.4, 0.5) is 17.1 Å². The number of para-hydroxylation sites is 2. The standard InChI is InChI=1S/C66H62N4O2S5/c1-3-5-7-9-11-15-21-48-42-60(75-64(48)58-39-37-56(73-58)46-29-27-45(28-30-46)41-50(44-67)66(71)72)54-35-36-55(63-62(54)68-77-69-63)61-43-49(22-16-12-10-8-6-4-2)65(76-61)59-40-38-57(74-59)47-31-33-53(34-32-47)70(51-23-17-13-18-24-51)52-25-19-14-20-26-52/h13-14,17-20,23-43H,3-12,15-16,21-22H2,1-2H3,(H,71,72). The Morgan fingerprint density at radius 2 is 0.935 bits per heavy atom. The number of fused-ring (bicyclic) bond motifs is 1. The molecule has 0 saturated carbocycles. The number of aliphatic carboxylic acids is 1. The molecule has 0 aliphatic carbocycles. The number of hydrogen-bond donors (Lipinski definition) is 1. The van der Waals surface area contributed by atoms with Crippen molar-refractivity contribution in [1.29, 1.82) is 5.26 Å². The highest BCUT2D eigenvalue weighted by molar-refractivity contribution is 7.26. The largest absolute Gasteiger partial charge is 0.477 e. The maximum absolute atomic E-state index is 11.5. The lowest BCUT2D eigenvalue weighted by Crippen LogP contribution is -2.09. The molecule has 1 N–H and O–H groups in total. The van der Waals surface area contributed by atoms with Crippen molar-refractivity contribution in [3.63, 3.8) is 0 Å². The summed E-state index contributed by atoms with van der Waals surface area (Å²) in [6, 6.07) is 58.2. The third-order valence-electron chi connectivity index (χ3n) is 14.1. The van der Waals surface area contributed by atoms with E-state index in [4.69, 9.17) is 8.75 Å². The van der Waals surface area contributed by atoms with Crippen molar-refractivity contribution >= 4 is 97.2 Å². The molecule has 388 valence electrons. The van der Waals surface area contributed by atoms with Crippen LogP contribution >= 0.6 is 57.1 Å². The zero-order valence-corrected chi connectivity index (χ0v) is 47.8. The van der Waals surface area contributed by atoms with Gasteiger partial charge in [0, 0.05) is 67.2 Å². The normalized spacial score (nSPS) is 11.6. The highest BCUT2D eigenvalue weighted by Crippen LogP contribution is 2.49. The molecule has 10 rings (SSSR count). The quantitative estimate of drug-likeness (QED) is 0.0348. The molecular formula is C66H62N4O2S5. The van der Waals surface area contributed by atoms with E-state index in [0.29, 0.717) is 5.56 Å². The van der Waals surface area contributed by atoms with Gasteiger partial charge in [0.2, 0.25) is 0 Å². The van der Waals surface area contributed by atoms with Crippen LogP contribution in [0.2, 0.25) is 0 Å². The Balaban J connectivity index is 0.947. The number of thiophene rings is 4. The van der Waals surface area contributed by atoms with Crippen molar-refractivity contribution in [2.24, 2.45) is 0 Å². The number of carbonyl (C=O) groups is 1. The van der Waals surface area contributed by atoms with Gasteiger partial charge in [0.1, 0.15) is 22.7 Å². The number of nitrogens with zero attached hydrogens (tertiary/aromatic N) is 4. The van der Waals surface area contributed by atoms with Gasteiger partial charge in [0.05, 0.1) is 11.7 Å². The smallest absolute Gasteiger partial charge is 0.346 e. The van der Waals surface area contributed by atoms with Gasteiger partial charge in [0.25, 0.3) is 0 Å². The number of unbranched alkanes of at least 4 members (excludes halogenated alkanes) is 10. The summed E-state index contributed by atoms with van der Waals surface area (Å²) in [5.41, 5.74) is 13.0. The van der Waals surface area contributed by atoms with Crippen molar-refractivity contribution in [2.45, 2.75) is 104 Å². The molecule has 0 spiro atoms. The summed E-state index contributed by atoms with van der Waals surface area (Å²) in [7, 11) is 0. The van der Waals surface area contributed by atoms with Gasteiger partial charge in [0.15, 0.2) is 0 Å². The highest BCUT2D eigenvalue weighted by atomic mass is 32.1. The SMILES string of the molecule is CCCCCCCCc1cc(-c2ccc(-c3cc(CCCCCCCC)c(-c4ccc(-c5ccc(N(c6ccccc6)c6ccccc6)cc5)s4)s3)c3nsnc23)sc1-c1ccc(-c2ccc(C=C(C#N)C(=O)O)cc2)s1. The molecule has 6 nitrogen and oxygen atoms in total. The average Bonchev–Trinajstić information content (AvgIpc) is 4.40. The molecular weight excluding hydrogens is 1040 g/mol. The van der Waals surface area contributed by atoms with Crippen LogP contribution in [-0.4, -0.2) is 19.8 Å². The second-order valence-electron chi connectivity index (χ2n) is 19.6. The summed E-state index contributed by atoms with van der Waals surface area (Å²) >= 11 is 8.72. The summed E-state index contributed by atoms with van der Waals surface area (Å²) in [4.78, 5) is 23.8. The molecule has 11 heteroatoms. The predicted octanol–water partition coefficient (Wildman–Crippen LogP) is 21.2. The number of carboxylic acid groups (broad SMARTS) is 1. The van der Waals surface area contributed by atoms with Gasteiger partial charge in [-0.25, -0.2) is 4.79 Å². The number of hydrogen-bond acceptors (Lipinski definition) is 10. The molecule has 77 heavy (non-hydrogen) atoms. The second-order valence-corrected chi connectivity index (χ2v) is 24.4. The summed E-state index contributed by atoms with van der Waals surface area (Å²) in [6.45, 7) is 4.55. The first-order valence-corrected chi connectivity index (χ1v) is 31.1. The summed E-state index contributed by atoms with van der Waals surface area (Å²) in [5.74, 6) is -1.22. The minimum absolute atomic E-state index is 0.283. The number of rotatable bonds is 25. The van der Waals surface area contributed by atoms with Crippen LogP contribution in [0, 0.1) is 11.3 Å². The van der Waals surface area contributed by atoms with Crippen molar-refractivity contribution in [3.8, 4) is 67.3 Å². The lowest BCUT2D eigenvalue weighted by molar-refractivity contribution is -0.132. The van der Waals surface area contributed by atoms with Crippen LogP contribution in [0.1, 0.15) is 108 Å². The van der Waals surface area contributed by atoms with Crippen LogP contribution in [-0.2, 0) is 17.6 Å². The molecule has 0 saturated heterocycles. The third kappa shape index (κ3) is 12.8. The topological polar surface area (TPSA) is 90.1 Å². The monoisotopic (exact) mass is 1100 g/mol. The van der Waals surface area contributed by atoms with Crippen molar-refractivity contribution < 1.29 is 9.90 Å². The first-order chi connectivity index (χ1) is 37.9. The lowest BCUT2D eigenvalue weighted by atomic mass is 10.0. The Morgan fingerprint density at radius 1 is 0.506 bits per heavy atom. The number of carboxylic acids is 1. The molecule has 0 aliphatic rings. The second kappa shape index (κ2) is 26.0. The molecule has 0 radical (unpaired) electrons. The van der Waals surface area contributed by atoms with Crippen LogP contribution in [0.3, 0.4) is 0 Å². The van der Waals surface area contributed by atoms with Gasteiger partial charge in [-0.15, -0.1) is 45.3 Å². The minimum atomic E-state index is -1.22. The molecule has 0 bridgehead atoms. The number of benzene rings is 5. The zero-order chi connectivity index (χ0) is 52.9. The van der Waals surface area contributed by atoms with E-state index in [0.717, 1.165) is 68.9 Å². The number of aryl methyl sites for hydroxylation is 2. The fourth-order valence-corrected chi connectivity index (χ4v) is 15.4. The average molecular weight is 1100 g/mol. The minimum Gasteiger partial charge on any atom is -0.477 e. The van der Waals surface area contributed by atoms with E-state index in [9.17, 15) is 15.2 Å². The Bertz CT molecular complexity index is 3570. The van der Waals surface area contributed by atoms with Crippen molar-refractivity contribution in [1.82, 2.24) is 8.75 Å². The lowest BCUT2D eigenvalue weighted by Gasteiger charge is -2.25. The van der Waals surface area contributed by atoms with Gasteiger partial charge >= 0.3 is 5.97 Å². The molecule has 5 heterocycles. The van der Waals surface area contributed by atoms with Crippen LogP contribution in [0.25, 0.3) is 78.4 Å². The molecule has 0 amide bonds. The van der Waals surface area contributed by atoms with Gasteiger partial charge in [-0.05, 0) is 132 Å². The Morgan fingerprint density at radius 3 is 1.39 bits per heavy atom. The van der Waals surface area contributed by atoms with E-state index < -0.39 is 5.97 Å². The van der Waals surface area contributed by atoms with E-state index in [1.54, 1.807) is 17.4 Å². The summed E-state index contributed by atoms with van der Waals surface area (Å²) < 4.78 is 10.1. The van der Waals surface area contributed by atoms with Gasteiger partial charge in [-0.1, -0.05) is 163 Å². The fraction of sp³-hybridized carbons (Fsp3) is 0.242. The van der Waals surface area contributed by atoms with E-state index in [1.165, 1.54) is 139 Å². The predicted molar refractivity (Wildman–Crippen MR) is 332 cm³/mol. The number of anilines is 3. The van der Waals surface area contributed by atoms with E-state index in [2.05, 4.69) is 152 Å². The van der Waals surface area contributed by atoms with E-state index in [1.807, 2.05) is 58.3 Å². The first-order valence-electron chi connectivity index (χ1n) is 27.1. The molecule has 5 aromatic carbocycles. The molecule has 0 unspecified atom stereocenters. The van der Waals surface area contributed by atoms with Crippen molar-refractivity contribution in [3.05, 3.63) is 180 Å². The summed E-state index contributed by atoms with van der Waals surface area (Å²) in [6.07, 6.45) is 18.5. The Hall–Kier alpha value is -6.78. The van der Waals surface area contributed by atoms with Gasteiger partial charge in [-0.2, -0.15) is 14.0 Å². The van der Waals surface area contributed by atoms with Crippen LogP contribution < -0.4 is 4.90 Å². The van der Waals surface area contributed by atoms with Gasteiger partial charge < -0.3 is 10.0 Å². The molecule has 5 aromatic heterocycles. The highest BCUT2D eigenvalue weighted by Gasteiger charge is 2.22. The van der Waals surface area contributed by atoms with Gasteiger partial charge in [-0.3, -0.25) is 0 Å². The number of nitriles is 1. The number of aromatic nitrogens is 2. The molecule has 10 aromatic rings. The molecule has 0 atom stereocenters. The van der Waals surface area contributed by atoms with E-state index >= 15 is 0 Å². The van der Waals surface area contributed by atoms with E-state index in [-0.39, 0.29) is 5.57 Å². The summed E-state index contributed by atoms with van der Waals surface area (Å²) in [5, 5.41) is 18.6. The maximum Gasteiger partial charge on any atom is 0.346 e. The fourth-order valence-electron chi connectivity index (χ4n) is 10.0. The maximum atomic E-state index is 11.5. The third-order valence-corrected chi connectivity index (χ3v) is 19.7. The Kier molecular flexibility index (Phi) is 18.1. The van der Waals surface area contributed by atoms with Crippen molar-refractivity contribution in [2.75, 3.05) is 4.90 Å². The molecule has 0 fully saturated rings. The van der Waals surface area contributed by atoms with Crippen LogP contribution in [0.15, 0.2) is 163 Å². The molecule has 0 aliphatic heterocycles. The zero-order valence-electron chi connectivity index (χ0n) is 43.7. The van der Waals surface area contributed by atoms with Crippen LogP contribution in [0.5, 0.6) is 0 Å². The Labute approximate surface area is 473 Å².